The highest BCUT2D eigenvalue weighted by Crippen LogP contribution is 2.38. The van der Waals surface area contributed by atoms with Gasteiger partial charge in [-0.1, -0.05) is 37.9 Å². The Morgan fingerprint density at radius 1 is 1.06 bits per heavy atom. The Kier molecular flexibility index (Phi) is 4.11. The SMILES string of the molecule is Cc1cc(C(Br)c2cc(Br)ccc2C)c(C)s1. The molecule has 0 fully saturated rings. The lowest BCUT2D eigenvalue weighted by molar-refractivity contribution is 1.13. The normalized spacial score (nSPS) is 12.8. The number of alkyl halides is 1. The lowest BCUT2D eigenvalue weighted by atomic mass is 10.0. The maximum absolute atomic E-state index is 3.83. The number of thiophene rings is 1. The van der Waals surface area contributed by atoms with Gasteiger partial charge >= 0.3 is 0 Å². The first-order valence-corrected chi connectivity index (χ1v) is 7.98. The van der Waals surface area contributed by atoms with Crippen LogP contribution >= 0.6 is 43.2 Å². The summed E-state index contributed by atoms with van der Waals surface area (Å²) in [6.07, 6.45) is 0. The Morgan fingerprint density at radius 2 is 1.76 bits per heavy atom. The minimum atomic E-state index is 0.282. The van der Waals surface area contributed by atoms with E-state index in [1.807, 2.05) is 11.3 Å². The van der Waals surface area contributed by atoms with Gasteiger partial charge < -0.3 is 0 Å². The number of hydrogen-bond acceptors (Lipinski definition) is 1. The minimum absolute atomic E-state index is 0.282. The van der Waals surface area contributed by atoms with Crippen LogP contribution in [0.2, 0.25) is 0 Å². The van der Waals surface area contributed by atoms with Gasteiger partial charge in [-0.05, 0) is 55.7 Å². The summed E-state index contributed by atoms with van der Waals surface area (Å²) in [4.78, 5) is 3.04. The van der Waals surface area contributed by atoms with E-state index in [4.69, 9.17) is 0 Å². The fraction of sp³-hybridized carbons (Fsp3) is 0.286. The van der Waals surface area contributed by atoms with Crippen LogP contribution in [0.25, 0.3) is 0 Å². The molecular weight excluding hydrogens is 360 g/mol. The van der Waals surface area contributed by atoms with Crippen LogP contribution in [0.3, 0.4) is 0 Å². The second kappa shape index (κ2) is 5.25. The summed E-state index contributed by atoms with van der Waals surface area (Å²) in [6.45, 7) is 6.51. The standard InChI is InChI=1S/C14H14Br2S/c1-8-4-5-11(15)7-12(8)14(16)13-6-9(2)17-10(13)3/h4-7,14H,1-3H3. The third kappa shape index (κ3) is 2.83. The van der Waals surface area contributed by atoms with Crippen molar-refractivity contribution in [1.82, 2.24) is 0 Å². The molecule has 2 aromatic rings. The fourth-order valence-corrected chi connectivity index (χ4v) is 4.42. The summed E-state index contributed by atoms with van der Waals surface area (Å²) in [7, 11) is 0. The Bertz CT molecular complexity index is 543. The van der Waals surface area contributed by atoms with Gasteiger partial charge in [-0.3, -0.25) is 0 Å². The first-order chi connectivity index (χ1) is 7.99. The molecule has 0 radical (unpaired) electrons. The maximum atomic E-state index is 3.83. The number of benzene rings is 1. The van der Waals surface area contributed by atoms with Crippen LogP contribution in [-0.2, 0) is 0 Å². The maximum Gasteiger partial charge on any atom is 0.0658 e. The summed E-state index contributed by atoms with van der Waals surface area (Å²) in [5.74, 6) is 0. The van der Waals surface area contributed by atoms with Crippen LogP contribution in [0.15, 0.2) is 28.7 Å². The largest absolute Gasteiger partial charge is 0.146 e. The van der Waals surface area contributed by atoms with Crippen LogP contribution in [0, 0.1) is 20.8 Å². The van der Waals surface area contributed by atoms with E-state index >= 15 is 0 Å². The van der Waals surface area contributed by atoms with E-state index in [0.29, 0.717) is 0 Å². The smallest absolute Gasteiger partial charge is 0.0658 e. The van der Waals surface area contributed by atoms with Crippen molar-refractivity contribution in [3.05, 3.63) is 55.2 Å². The average molecular weight is 374 g/mol. The van der Waals surface area contributed by atoms with Gasteiger partial charge in [-0.2, -0.15) is 0 Å². The van der Waals surface area contributed by atoms with E-state index in [2.05, 4.69) is 76.9 Å². The quantitative estimate of drug-likeness (QED) is 0.573. The topological polar surface area (TPSA) is 0 Å². The van der Waals surface area contributed by atoms with Crippen LogP contribution < -0.4 is 0 Å². The Labute approximate surface area is 123 Å². The Balaban J connectivity index is 2.46. The Hall–Kier alpha value is -0.120. The van der Waals surface area contributed by atoms with Gasteiger partial charge in [0.15, 0.2) is 0 Å². The van der Waals surface area contributed by atoms with Gasteiger partial charge in [0.1, 0.15) is 0 Å². The van der Waals surface area contributed by atoms with E-state index in [-0.39, 0.29) is 4.83 Å². The highest BCUT2D eigenvalue weighted by molar-refractivity contribution is 9.10. The zero-order valence-electron chi connectivity index (χ0n) is 10.1. The zero-order chi connectivity index (χ0) is 12.6. The van der Waals surface area contributed by atoms with Crippen molar-refractivity contribution in [2.45, 2.75) is 25.6 Å². The molecule has 1 unspecified atom stereocenters. The molecule has 0 saturated heterocycles. The molecule has 0 nitrogen and oxygen atoms in total. The third-order valence-corrected chi connectivity index (χ3v) is 5.33. The van der Waals surface area contributed by atoms with Gasteiger partial charge in [-0.25, -0.2) is 0 Å². The molecule has 3 heteroatoms. The molecule has 0 bridgehead atoms. The molecule has 0 saturated carbocycles. The summed E-state index contributed by atoms with van der Waals surface area (Å²) in [6, 6.07) is 8.72. The predicted molar refractivity (Wildman–Crippen MR) is 83.4 cm³/mol. The highest BCUT2D eigenvalue weighted by Gasteiger charge is 2.16. The van der Waals surface area contributed by atoms with Crippen LogP contribution in [0.4, 0.5) is 0 Å². The molecule has 1 atom stereocenters. The van der Waals surface area contributed by atoms with Gasteiger partial charge in [0.05, 0.1) is 4.83 Å². The average Bonchev–Trinajstić information content (AvgIpc) is 2.60. The number of rotatable bonds is 2. The molecule has 0 aliphatic carbocycles. The second-order valence-electron chi connectivity index (χ2n) is 4.23. The molecule has 2 rings (SSSR count). The fourth-order valence-electron chi connectivity index (χ4n) is 1.95. The van der Waals surface area contributed by atoms with Crippen molar-refractivity contribution in [3.8, 4) is 0 Å². The van der Waals surface area contributed by atoms with Gasteiger partial charge in [0.25, 0.3) is 0 Å². The molecule has 0 spiro atoms. The van der Waals surface area contributed by atoms with Crippen LogP contribution in [0.1, 0.15) is 31.3 Å². The van der Waals surface area contributed by atoms with E-state index in [0.717, 1.165) is 4.47 Å². The van der Waals surface area contributed by atoms with E-state index in [1.165, 1.54) is 26.4 Å². The molecule has 0 aliphatic heterocycles. The van der Waals surface area contributed by atoms with Gasteiger partial charge in [0.2, 0.25) is 0 Å². The molecule has 1 aromatic heterocycles. The van der Waals surface area contributed by atoms with Crippen molar-refractivity contribution >= 4 is 43.2 Å². The second-order valence-corrected chi connectivity index (χ2v) is 7.52. The monoisotopic (exact) mass is 372 g/mol. The molecule has 0 N–H and O–H groups in total. The van der Waals surface area contributed by atoms with E-state index < -0.39 is 0 Å². The molecule has 17 heavy (non-hydrogen) atoms. The van der Waals surface area contributed by atoms with Gasteiger partial charge in [0, 0.05) is 14.2 Å². The molecule has 0 aliphatic rings. The van der Waals surface area contributed by atoms with Crippen LogP contribution in [0.5, 0.6) is 0 Å². The van der Waals surface area contributed by atoms with Gasteiger partial charge in [-0.15, -0.1) is 11.3 Å². The molecule has 1 aromatic carbocycles. The van der Waals surface area contributed by atoms with Crippen molar-refractivity contribution < 1.29 is 0 Å². The third-order valence-electron chi connectivity index (χ3n) is 2.87. The van der Waals surface area contributed by atoms with Crippen LogP contribution in [-0.4, -0.2) is 0 Å². The zero-order valence-corrected chi connectivity index (χ0v) is 14.0. The summed E-state index contributed by atoms with van der Waals surface area (Å²) in [5, 5.41) is 0. The number of hydrogen-bond donors (Lipinski definition) is 0. The predicted octanol–water partition coefficient (Wildman–Crippen LogP) is 5.92. The van der Waals surface area contributed by atoms with Crippen molar-refractivity contribution in [3.63, 3.8) is 0 Å². The van der Waals surface area contributed by atoms with Crippen molar-refractivity contribution in [2.24, 2.45) is 0 Å². The lowest BCUT2D eigenvalue weighted by Gasteiger charge is -2.13. The van der Waals surface area contributed by atoms with E-state index in [9.17, 15) is 0 Å². The lowest BCUT2D eigenvalue weighted by Crippen LogP contribution is -1.96. The highest BCUT2D eigenvalue weighted by atomic mass is 79.9. The Morgan fingerprint density at radius 3 is 2.35 bits per heavy atom. The first-order valence-electron chi connectivity index (χ1n) is 5.46. The summed E-state index contributed by atoms with van der Waals surface area (Å²) >= 11 is 9.23. The first kappa shape index (κ1) is 13.3. The number of aryl methyl sites for hydroxylation is 3. The molecule has 0 amide bonds. The molecule has 1 heterocycles. The van der Waals surface area contributed by atoms with E-state index in [1.54, 1.807) is 0 Å². The molecule has 90 valence electrons. The summed E-state index contributed by atoms with van der Waals surface area (Å²) in [5.41, 5.74) is 4.03. The summed E-state index contributed by atoms with van der Waals surface area (Å²) < 4.78 is 1.13. The van der Waals surface area contributed by atoms with Crippen molar-refractivity contribution in [1.29, 1.82) is 0 Å². The molecular formula is C14H14Br2S. The van der Waals surface area contributed by atoms with Crippen molar-refractivity contribution in [2.75, 3.05) is 0 Å². The minimum Gasteiger partial charge on any atom is -0.146 e. The number of halogens is 2.